The van der Waals surface area contributed by atoms with E-state index in [-0.39, 0.29) is 23.0 Å². The Balaban J connectivity index is 1.55. The summed E-state index contributed by atoms with van der Waals surface area (Å²) in [5, 5.41) is 4.85. The van der Waals surface area contributed by atoms with E-state index in [1.807, 2.05) is 71.1 Å². The van der Waals surface area contributed by atoms with Gasteiger partial charge in [0.1, 0.15) is 17.3 Å². The number of rotatable bonds is 4. The minimum absolute atomic E-state index is 0.219. The number of carbonyl (C=O) groups excluding carboxylic acids is 3. The van der Waals surface area contributed by atoms with Gasteiger partial charge in [0.15, 0.2) is 11.6 Å². The molecule has 3 aromatic carbocycles. The first kappa shape index (κ1) is 22.8. The summed E-state index contributed by atoms with van der Waals surface area (Å²) in [5.74, 6) is -2.43. The van der Waals surface area contributed by atoms with Gasteiger partial charge in [-0.2, -0.15) is 0 Å². The molecule has 7 heteroatoms. The van der Waals surface area contributed by atoms with Crippen LogP contribution < -0.4 is 5.32 Å². The monoisotopic (exact) mass is 520 g/mol. The molecular formula is C31H21FN2O3S. The Labute approximate surface area is 222 Å². The molecule has 4 aromatic rings. The zero-order valence-corrected chi connectivity index (χ0v) is 20.8. The van der Waals surface area contributed by atoms with Crippen LogP contribution in [-0.4, -0.2) is 28.4 Å². The van der Waals surface area contributed by atoms with Gasteiger partial charge in [-0.15, -0.1) is 11.3 Å². The lowest BCUT2D eigenvalue weighted by atomic mass is 9.63. The van der Waals surface area contributed by atoms with Crippen molar-refractivity contribution in [2.45, 2.75) is 17.5 Å². The number of amides is 1. The number of thiophene rings is 1. The van der Waals surface area contributed by atoms with Crippen molar-refractivity contribution < 1.29 is 18.8 Å². The van der Waals surface area contributed by atoms with Crippen LogP contribution >= 0.6 is 11.3 Å². The van der Waals surface area contributed by atoms with E-state index in [1.165, 1.54) is 35.6 Å². The number of benzene rings is 3. The van der Waals surface area contributed by atoms with Gasteiger partial charge in [0, 0.05) is 17.5 Å². The molecule has 0 aliphatic carbocycles. The maximum atomic E-state index is 14.5. The van der Waals surface area contributed by atoms with Crippen molar-refractivity contribution in [2.24, 2.45) is 5.92 Å². The van der Waals surface area contributed by atoms with Crippen LogP contribution in [0.1, 0.15) is 42.8 Å². The molecule has 1 spiro atoms. The van der Waals surface area contributed by atoms with E-state index < -0.39 is 29.2 Å². The van der Waals surface area contributed by atoms with Gasteiger partial charge >= 0.3 is 0 Å². The minimum Gasteiger partial charge on any atom is -0.358 e. The number of fused-ring (bicyclic) bond motifs is 6. The third-order valence-electron chi connectivity index (χ3n) is 8.01. The molecule has 0 unspecified atom stereocenters. The smallest absolute Gasteiger partial charge is 0.238 e. The number of hydrogen-bond donors (Lipinski definition) is 1. The first-order valence-corrected chi connectivity index (χ1v) is 13.2. The molecule has 5 nitrogen and oxygen atoms in total. The summed E-state index contributed by atoms with van der Waals surface area (Å²) in [7, 11) is 0. The highest BCUT2D eigenvalue weighted by molar-refractivity contribution is 7.12. The van der Waals surface area contributed by atoms with Gasteiger partial charge in [-0.25, -0.2) is 4.39 Å². The highest BCUT2D eigenvalue weighted by Gasteiger charge is 2.70. The molecule has 1 aromatic heterocycles. The van der Waals surface area contributed by atoms with Crippen molar-refractivity contribution in [2.75, 3.05) is 5.32 Å². The lowest BCUT2D eigenvalue weighted by Gasteiger charge is -2.38. The number of para-hydroxylation sites is 1. The number of nitrogens with zero attached hydrogens (tertiary/aromatic N) is 1. The Bertz CT molecular complexity index is 1650. The normalized spacial score (nSPS) is 24.6. The summed E-state index contributed by atoms with van der Waals surface area (Å²) in [6.45, 7) is 0. The summed E-state index contributed by atoms with van der Waals surface area (Å²) in [5.41, 5.74) is 2.00. The summed E-state index contributed by atoms with van der Waals surface area (Å²) < 4.78 is 13.8. The molecule has 1 saturated heterocycles. The zero-order chi connectivity index (χ0) is 26.0. The van der Waals surface area contributed by atoms with Crippen molar-refractivity contribution in [1.82, 2.24) is 4.90 Å². The van der Waals surface area contributed by atoms with E-state index in [9.17, 15) is 18.8 Å². The van der Waals surface area contributed by atoms with Gasteiger partial charge in [-0.05, 0) is 64.5 Å². The molecule has 7 rings (SSSR count). The van der Waals surface area contributed by atoms with E-state index in [4.69, 9.17) is 0 Å². The maximum Gasteiger partial charge on any atom is 0.238 e. The quantitative estimate of drug-likeness (QED) is 0.342. The number of nitrogens with one attached hydrogen (secondary N) is 1. The van der Waals surface area contributed by atoms with Crippen LogP contribution in [0.5, 0.6) is 0 Å². The SMILES string of the molecule is O=C(c1cccs1)[C@@H]1[C@H](C(=O)c2ccc(F)cc2)[C@@]2(C(=O)Nc3ccccc32)[C@H]2c3ccccc3C=CN12. The van der Waals surface area contributed by atoms with E-state index in [2.05, 4.69) is 5.32 Å². The lowest BCUT2D eigenvalue weighted by Crippen LogP contribution is -2.49. The van der Waals surface area contributed by atoms with Crippen LogP contribution in [0.4, 0.5) is 10.1 Å². The minimum atomic E-state index is -1.39. The highest BCUT2D eigenvalue weighted by atomic mass is 32.1. The molecule has 0 radical (unpaired) electrons. The zero-order valence-electron chi connectivity index (χ0n) is 20.0. The van der Waals surface area contributed by atoms with Crippen LogP contribution in [0.2, 0.25) is 0 Å². The molecule has 4 atom stereocenters. The number of anilines is 1. The number of ketones is 2. The van der Waals surface area contributed by atoms with E-state index in [0.29, 0.717) is 16.1 Å². The first-order chi connectivity index (χ1) is 18.5. The van der Waals surface area contributed by atoms with Crippen molar-refractivity contribution in [1.29, 1.82) is 0 Å². The Hall–Kier alpha value is -4.36. The molecule has 1 amide bonds. The molecule has 1 N–H and O–H groups in total. The highest BCUT2D eigenvalue weighted by Crippen LogP contribution is 2.62. The molecule has 1 fully saturated rings. The second kappa shape index (κ2) is 8.33. The van der Waals surface area contributed by atoms with Gasteiger partial charge in [0.05, 0.1) is 16.8 Å². The summed E-state index contributed by atoms with van der Waals surface area (Å²) in [6.07, 6.45) is 3.77. The second-order valence-electron chi connectivity index (χ2n) is 9.80. The van der Waals surface area contributed by atoms with Gasteiger partial charge < -0.3 is 10.2 Å². The van der Waals surface area contributed by atoms with Crippen molar-refractivity contribution in [3.05, 3.63) is 129 Å². The Morgan fingerprint density at radius 3 is 2.45 bits per heavy atom. The van der Waals surface area contributed by atoms with Gasteiger partial charge in [0.2, 0.25) is 5.91 Å². The van der Waals surface area contributed by atoms with Crippen molar-refractivity contribution in [3.63, 3.8) is 0 Å². The number of Topliss-reactive ketones (excluding diaryl/α,β-unsaturated/α-hetero) is 2. The Kier molecular flexibility index (Phi) is 5.00. The maximum absolute atomic E-state index is 14.5. The van der Waals surface area contributed by atoms with E-state index in [1.54, 1.807) is 12.1 Å². The fourth-order valence-electron chi connectivity index (χ4n) is 6.53. The summed E-state index contributed by atoms with van der Waals surface area (Å²) in [6, 6.07) is 22.5. The topological polar surface area (TPSA) is 66.5 Å². The molecule has 3 aliphatic heterocycles. The Morgan fingerprint density at radius 2 is 1.66 bits per heavy atom. The van der Waals surface area contributed by atoms with Crippen molar-refractivity contribution >= 4 is 40.6 Å². The van der Waals surface area contributed by atoms with Gasteiger partial charge in [0.25, 0.3) is 0 Å². The van der Waals surface area contributed by atoms with Crippen LogP contribution in [0.25, 0.3) is 6.08 Å². The molecule has 0 bridgehead atoms. The van der Waals surface area contributed by atoms with Gasteiger partial charge in [-0.3, -0.25) is 14.4 Å². The van der Waals surface area contributed by atoms with E-state index in [0.717, 1.165) is 11.1 Å². The number of halogens is 1. The third-order valence-corrected chi connectivity index (χ3v) is 8.90. The molecule has 186 valence electrons. The van der Waals surface area contributed by atoms with Crippen LogP contribution in [0.3, 0.4) is 0 Å². The first-order valence-electron chi connectivity index (χ1n) is 12.3. The van der Waals surface area contributed by atoms with Crippen LogP contribution in [-0.2, 0) is 10.2 Å². The molecule has 3 aliphatic rings. The standard InChI is InChI=1S/C31H21FN2O3S/c32-20-13-11-19(12-14-20)27(35)25-26(28(36)24-10-5-17-38-24)34-16-15-18-6-1-2-7-21(18)29(34)31(25)22-8-3-4-9-23(22)33-30(31)37/h1-17,25-26,29H,(H,33,37)/t25-,26+,29-,31-/m1/s1. The fraction of sp³-hybridized carbons (Fsp3) is 0.129. The predicted molar refractivity (Wildman–Crippen MR) is 143 cm³/mol. The third kappa shape index (κ3) is 2.99. The van der Waals surface area contributed by atoms with E-state index >= 15 is 0 Å². The Morgan fingerprint density at radius 1 is 0.895 bits per heavy atom. The van der Waals surface area contributed by atoms with Gasteiger partial charge in [-0.1, -0.05) is 48.5 Å². The summed E-state index contributed by atoms with van der Waals surface area (Å²) in [4.78, 5) is 45.4. The average molecular weight is 521 g/mol. The van der Waals surface area contributed by atoms with Crippen LogP contribution in [0.15, 0.2) is 96.5 Å². The largest absolute Gasteiger partial charge is 0.358 e. The number of carbonyl (C=O) groups is 3. The predicted octanol–water partition coefficient (Wildman–Crippen LogP) is 5.87. The summed E-state index contributed by atoms with van der Waals surface area (Å²) >= 11 is 1.31. The second-order valence-corrected chi connectivity index (χ2v) is 10.7. The fourth-order valence-corrected chi connectivity index (χ4v) is 7.22. The molecule has 0 saturated carbocycles. The lowest BCUT2D eigenvalue weighted by molar-refractivity contribution is -0.122. The molecule has 38 heavy (non-hydrogen) atoms. The molecular weight excluding hydrogens is 499 g/mol. The van der Waals surface area contributed by atoms with Crippen LogP contribution in [0, 0.1) is 11.7 Å². The number of hydrogen-bond acceptors (Lipinski definition) is 5. The molecule has 4 heterocycles. The average Bonchev–Trinajstić information content (AvgIpc) is 3.65. The van der Waals surface area contributed by atoms with Crippen molar-refractivity contribution in [3.8, 4) is 0 Å².